The lowest BCUT2D eigenvalue weighted by Crippen LogP contribution is -2.24. The average molecular weight is 191 g/mol. The van der Waals surface area contributed by atoms with Crippen LogP contribution in [0.25, 0.3) is 0 Å². The van der Waals surface area contributed by atoms with Gasteiger partial charge in [-0.15, -0.1) is 0 Å². The van der Waals surface area contributed by atoms with Gasteiger partial charge in [0.25, 0.3) is 5.91 Å². The van der Waals surface area contributed by atoms with Crippen LogP contribution in [-0.4, -0.2) is 18.2 Å². The summed E-state index contributed by atoms with van der Waals surface area (Å²) >= 11 is 0. The normalized spacial score (nSPS) is 9.14. The van der Waals surface area contributed by atoms with E-state index in [0.717, 1.165) is 0 Å². The van der Waals surface area contributed by atoms with Crippen LogP contribution in [0.4, 0.5) is 0 Å². The molecule has 0 bridgehead atoms. The zero-order chi connectivity index (χ0) is 10.6. The number of carbonyl (C=O) groups excluding carboxylic acids is 2. The summed E-state index contributed by atoms with van der Waals surface area (Å²) in [4.78, 5) is 25.2. The zero-order valence-corrected chi connectivity index (χ0v) is 7.31. The molecule has 0 saturated heterocycles. The van der Waals surface area contributed by atoms with E-state index in [1.165, 1.54) is 12.1 Å². The van der Waals surface area contributed by atoms with Gasteiger partial charge >= 0.3 is 0 Å². The molecule has 0 aromatic heterocycles. The van der Waals surface area contributed by atoms with Crippen LogP contribution in [-0.2, 0) is 0 Å². The van der Waals surface area contributed by atoms with Crippen LogP contribution in [0, 0.1) is 0 Å². The lowest BCUT2D eigenvalue weighted by Gasteiger charge is -1.98. The fourth-order valence-electron chi connectivity index (χ4n) is 0.972. The second-order valence-electron chi connectivity index (χ2n) is 2.55. The highest BCUT2D eigenvalue weighted by atomic mass is 16.1. The Labute approximate surface area is 80.4 Å². The van der Waals surface area contributed by atoms with Gasteiger partial charge in [-0.3, -0.25) is 9.59 Å². The molecule has 4 N–H and O–H groups in total. The Morgan fingerprint density at radius 2 is 1.93 bits per heavy atom. The molecule has 0 saturated carbocycles. The molecule has 5 nitrogen and oxygen atoms in total. The molecule has 14 heavy (non-hydrogen) atoms. The van der Waals surface area contributed by atoms with Gasteiger partial charge in [0, 0.05) is 5.56 Å². The highest BCUT2D eigenvalue weighted by Crippen LogP contribution is 2.07. The van der Waals surface area contributed by atoms with Crippen LogP contribution in [0.2, 0.25) is 0 Å². The Morgan fingerprint density at radius 3 is 2.50 bits per heavy atom. The highest BCUT2D eigenvalue weighted by molar-refractivity contribution is 6.06. The maximum atomic E-state index is 11.3. The van der Waals surface area contributed by atoms with Gasteiger partial charge in [0.1, 0.15) is 0 Å². The number of nitrogens with two attached hydrogens (primary N) is 2. The summed E-state index contributed by atoms with van der Waals surface area (Å²) in [5.74, 6) is -0.941. The minimum absolute atomic E-state index is 0.191. The number of nitrogens with zero attached hydrogens (tertiary/aromatic N) is 1. The molecule has 1 rings (SSSR count). The molecule has 0 unspecified atom stereocenters. The molecule has 0 heterocycles. The van der Waals surface area contributed by atoms with Crippen molar-refractivity contribution in [1.82, 2.24) is 0 Å². The van der Waals surface area contributed by atoms with Crippen molar-refractivity contribution < 1.29 is 9.59 Å². The topological polar surface area (TPSA) is 98.5 Å². The molecule has 5 heteroatoms. The monoisotopic (exact) mass is 191 g/mol. The van der Waals surface area contributed by atoms with E-state index in [0.29, 0.717) is 6.29 Å². The van der Waals surface area contributed by atoms with E-state index >= 15 is 0 Å². The fraction of sp³-hybridized carbons (Fsp3) is 0. The molecule has 0 atom stereocenters. The number of rotatable bonds is 2. The third-order valence-corrected chi connectivity index (χ3v) is 1.55. The number of carbonyl (C=O) groups is 2. The van der Waals surface area contributed by atoms with Crippen LogP contribution in [0.15, 0.2) is 29.3 Å². The van der Waals surface area contributed by atoms with Gasteiger partial charge in [-0.1, -0.05) is 18.2 Å². The smallest absolute Gasteiger partial charge is 0.280 e. The van der Waals surface area contributed by atoms with Crippen molar-refractivity contribution in [1.29, 1.82) is 0 Å². The van der Waals surface area contributed by atoms with Crippen molar-refractivity contribution in [2.24, 2.45) is 16.5 Å². The third-order valence-electron chi connectivity index (χ3n) is 1.55. The van der Waals surface area contributed by atoms with E-state index in [-0.39, 0.29) is 17.1 Å². The maximum absolute atomic E-state index is 11.3. The Balaban J connectivity index is 3.12. The van der Waals surface area contributed by atoms with E-state index < -0.39 is 5.91 Å². The first kappa shape index (κ1) is 9.91. The number of amides is 1. The van der Waals surface area contributed by atoms with Crippen LogP contribution in [0.5, 0.6) is 0 Å². The van der Waals surface area contributed by atoms with Gasteiger partial charge in [0.2, 0.25) is 0 Å². The molecular formula is C9H9N3O2. The Kier molecular flexibility index (Phi) is 2.96. The number of hydrogen-bond donors (Lipinski definition) is 2. The SMILES string of the molecule is NC(N)=NC(=O)c1ccccc1C=O. The van der Waals surface area contributed by atoms with E-state index in [1.54, 1.807) is 12.1 Å². The second-order valence-corrected chi connectivity index (χ2v) is 2.55. The molecular weight excluding hydrogens is 182 g/mol. The first-order chi connectivity index (χ1) is 6.65. The van der Waals surface area contributed by atoms with Gasteiger partial charge in [-0.05, 0) is 6.07 Å². The van der Waals surface area contributed by atoms with Crippen LogP contribution < -0.4 is 11.5 Å². The van der Waals surface area contributed by atoms with Crippen molar-refractivity contribution in [3.8, 4) is 0 Å². The number of aliphatic imine (C=N–C) groups is 1. The molecule has 0 radical (unpaired) electrons. The van der Waals surface area contributed by atoms with Crippen molar-refractivity contribution >= 4 is 18.2 Å². The van der Waals surface area contributed by atoms with Crippen LogP contribution in [0.1, 0.15) is 20.7 Å². The molecule has 0 aliphatic rings. The molecule has 1 amide bonds. The van der Waals surface area contributed by atoms with E-state index in [4.69, 9.17) is 11.5 Å². The fourth-order valence-corrected chi connectivity index (χ4v) is 0.972. The predicted octanol–water partition coefficient (Wildman–Crippen LogP) is -0.0873. The highest BCUT2D eigenvalue weighted by Gasteiger charge is 2.08. The number of aldehydes is 1. The predicted molar refractivity (Wildman–Crippen MR) is 52.0 cm³/mol. The first-order valence-electron chi connectivity index (χ1n) is 3.83. The Hall–Kier alpha value is -2.17. The maximum Gasteiger partial charge on any atom is 0.280 e. The van der Waals surface area contributed by atoms with Gasteiger partial charge in [-0.2, -0.15) is 4.99 Å². The minimum atomic E-state index is -0.618. The van der Waals surface area contributed by atoms with E-state index in [9.17, 15) is 9.59 Å². The summed E-state index contributed by atoms with van der Waals surface area (Å²) in [5.41, 5.74) is 10.5. The summed E-state index contributed by atoms with van der Waals surface area (Å²) in [6.45, 7) is 0. The second kappa shape index (κ2) is 4.18. The lowest BCUT2D eigenvalue weighted by atomic mass is 10.1. The molecule has 0 fully saturated rings. The van der Waals surface area contributed by atoms with Gasteiger partial charge < -0.3 is 11.5 Å². The van der Waals surface area contributed by atoms with Gasteiger partial charge in [0.15, 0.2) is 12.2 Å². The standard InChI is InChI=1S/C9H9N3O2/c10-9(11)12-8(14)7-4-2-1-3-6(7)5-13/h1-5H,(H4,10,11,12,14). The third kappa shape index (κ3) is 2.16. The summed E-state index contributed by atoms with van der Waals surface area (Å²) in [6, 6.07) is 6.28. The van der Waals surface area contributed by atoms with E-state index in [1.807, 2.05) is 0 Å². The van der Waals surface area contributed by atoms with Gasteiger partial charge in [-0.25, -0.2) is 0 Å². The summed E-state index contributed by atoms with van der Waals surface area (Å²) < 4.78 is 0. The number of hydrogen-bond acceptors (Lipinski definition) is 2. The number of benzene rings is 1. The lowest BCUT2D eigenvalue weighted by molar-refractivity contribution is 0.0995. The van der Waals surface area contributed by atoms with Crippen molar-refractivity contribution in [3.63, 3.8) is 0 Å². The zero-order valence-electron chi connectivity index (χ0n) is 7.31. The minimum Gasteiger partial charge on any atom is -0.370 e. The largest absolute Gasteiger partial charge is 0.370 e. The van der Waals surface area contributed by atoms with Crippen LogP contribution in [0.3, 0.4) is 0 Å². The van der Waals surface area contributed by atoms with Crippen LogP contribution >= 0.6 is 0 Å². The van der Waals surface area contributed by atoms with Crippen molar-refractivity contribution in [2.45, 2.75) is 0 Å². The molecule has 0 aliphatic carbocycles. The average Bonchev–Trinajstić information content (AvgIpc) is 2.16. The first-order valence-corrected chi connectivity index (χ1v) is 3.83. The summed E-state index contributed by atoms with van der Waals surface area (Å²) in [5, 5.41) is 0. The summed E-state index contributed by atoms with van der Waals surface area (Å²) in [7, 11) is 0. The Morgan fingerprint density at radius 1 is 1.29 bits per heavy atom. The van der Waals surface area contributed by atoms with Crippen molar-refractivity contribution in [3.05, 3.63) is 35.4 Å². The summed E-state index contributed by atoms with van der Waals surface area (Å²) in [6.07, 6.45) is 0.579. The van der Waals surface area contributed by atoms with E-state index in [2.05, 4.69) is 4.99 Å². The molecule has 0 spiro atoms. The number of guanidine groups is 1. The molecule has 0 aliphatic heterocycles. The quantitative estimate of drug-likeness (QED) is 0.387. The van der Waals surface area contributed by atoms with Crippen molar-refractivity contribution in [2.75, 3.05) is 0 Å². The Bertz CT molecular complexity index is 395. The molecule has 1 aromatic rings. The molecule has 1 aromatic carbocycles. The molecule has 72 valence electrons. The van der Waals surface area contributed by atoms with Gasteiger partial charge in [0.05, 0.1) is 5.56 Å².